The van der Waals surface area contributed by atoms with E-state index in [9.17, 15) is 13.2 Å². The van der Waals surface area contributed by atoms with E-state index in [0.717, 1.165) is 0 Å². The summed E-state index contributed by atoms with van der Waals surface area (Å²) in [4.78, 5) is 15.0. The molecule has 0 amide bonds. The minimum absolute atomic E-state index is 0.172. The molecule has 3 rings (SSSR count). The van der Waals surface area contributed by atoms with Crippen LogP contribution in [0.3, 0.4) is 0 Å². The first-order chi connectivity index (χ1) is 12.0. The lowest BCUT2D eigenvalue weighted by atomic mass is 10.1. The van der Waals surface area contributed by atoms with Gasteiger partial charge in [-0.05, 0) is 12.1 Å². The molecule has 0 spiro atoms. The van der Waals surface area contributed by atoms with Crippen LogP contribution in [-0.2, 0) is 9.84 Å². The summed E-state index contributed by atoms with van der Waals surface area (Å²) in [6, 6.07) is 16.8. The second kappa shape index (κ2) is 7.78. The maximum absolute atomic E-state index is 13.2. The average Bonchev–Trinajstić information content (AvgIpc) is 2.65. The molecule has 1 aliphatic rings. The first kappa shape index (κ1) is 18.3. The highest BCUT2D eigenvalue weighted by Crippen LogP contribution is 2.24. The van der Waals surface area contributed by atoms with Crippen molar-refractivity contribution in [2.45, 2.75) is 10.3 Å². The van der Waals surface area contributed by atoms with Gasteiger partial charge < -0.3 is 0 Å². The van der Waals surface area contributed by atoms with Gasteiger partial charge in [-0.1, -0.05) is 48.5 Å². The molecule has 0 N–H and O–H groups in total. The Morgan fingerprint density at radius 2 is 1.40 bits per heavy atom. The minimum Gasteiger partial charge on any atom is -0.291 e. The van der Waals surface area contributed by atoms with Crippen molar-refractivity contribution in [3.63, 3.8) is 0 Å². The van der Waals surface area contributed by atoms with Gasteiger partial charge in [-0.3, -0.25) is 9.69 Å². The highest BCUT2D eigenvalue weighted by Gasteiger charge is 2.40. The largest absolute Gasteiger partial charge is 0.291 e. The topological polar surface area (TPSA) is 57.7 Å². The molecule has 0 aromatic heterocycles. The first-order valence-electron chi connectivity index (χ1n) is 8.03. The van der Waals surface area contributed by atoms with E-state index in [4.69, 9.17) is 0 Å². The fourth-order valence-corrected chi connectivity index (χ4v) is 5.05. The molecule has 7 heteroatoms. The number of Topliss-reactive ketones (excluding diaryl/α,β-unsaturated/α-hetero) is 1. The molecule has 1 atom stereocenters. The summed E-state index contributed by atoms with van der Waals surface area (Å²) in [5.74, 6) is -0.382. The van der Waals surface area contributed by atoms with E-state index >= 15 is 0 Å². The number of hydrogen-bond acceptors (Lipinski definition) is 5. The number of benzene rings is 2. The molecular formula is C18H19BrN2O3S. The van der Waals surface area contributed by atoms with Gasteiger partial charge in [0.25, 0.3) is 0 Å². The van der Waals surface area contributed by atoms with Crippen LogP contribution in [0.4, 0.5) is 0 Å². The molecule has 2 aromatic rings. The summed E-state index contributed by atoms with van der Waals surface area (Å²) < 4.78 is 28.4. The smallest absolute Gasteiger partial charge is 0.202 e. The summed E-state index contributed by atoms with van der Waals surface area (Å²) in [5, 5.41) is -1.21. The molecule has 1 saturated heterocycles. The van der Waals surface area contributed by atoms with Crippen LogP contribution < -0.4 is 0 Å². The molecule has 5 nitrogen and oxygen atoms in total. The summed E-state index contributed by atoms with van der Waals surface area (Å²) in [6.07, 6.45) is 0. The summed E-state index contributed by atoms with van der Waals surface area (Å²) in [5.41, 5.74) is 0.410. The Kier molecular flexibility index (Phi) is 5.68. The Bertz CT molecular complexity index is 820. The van der Waals surface area contributed by atoms with E-state index in [1.807, 2.05) is 3.93 Å². The Hall–Kier alpha value is -1.54. The molecule has 0 saturated carbocycles. The second-order valence-corrected chi connectivity index (χ2v) is 8.90. The van der Waals surface area contributed by atoms with Crippen LogP contribution in [-0.4, -0.2) is 54.6 Å². The lowest BCUT2D eigenvalue weighted by Gasteiger charge is -2.35. The predicted octanol–water partition coefficient (Wildman–Crippen LogP) is 2.60. The fraction of sp³-hybridized carbons (Fsp3) is 0.278. The van der Waals surface area contributed by atoms with Gasteiger partial charge in [0.05, 0.1) is 4.90 Å². The highest BCUT2D eigenvalue weighted by atomic mass is 79.9. The van der Waals surface area contributed by atoms with Crippen molar-refractivity contribution in [3.05, 3.63) is 66.2 Å². The highest BCUT2D eigenvalue weighted by molar-refractivity contribution is 9.07. The Labute approximate surface area is 156 Å². The Morgan fingerprint density at radius 3 is 1.96 bits per heavy atom. The van der Waals surface area contributed by atoms with E-state index < -0.39 is 15.2 Å². The van der Waals surface area contributed by atoms with Gasteiger partial charge in [-0.15, -0.1) is 0 Å². The van der Waals surface area contributed by atoms with Crippen LogP contribution in [0.1, 0.15) is 10.4 Å². The molecule has 1 heterocycles. The number of carbonyl (C=O) groups is 1. The summed E-state index contributed by atoms with van der Waals surface area (Å²) in [6.45, 7) is 2.31. The van der Waals surface area contributed by atoms with Crippen LogP contribution in [0.15, 0.2) is 65.6 Å². The fourth-order valence-electron chi connectivity index (χ4n) is 2.92. The van der Waals surface area contributed by atoms with E-state index in [-0.39, 0.29) is 10.7 Å². The quantitative estimate of drug-likeness (QED) is 0.547. The van der Waals surface area contributed by atoms with Crippen molar-refractivity contribution in [2.24, 2.45) is 0 Å². The Balaban J connectivity index is 2.02. The predicted molar refractivity (Wildman–Crippen MR) is 100 cm³/mol. The zero-order chi connectivity index (χ0) is 17.9. The third-order valence-electron chi connectivity index (χ3n) is 4.24. The van der Waals surface area contributed by atoms with Crippen molar-refractivity contribution in [2.75, 3.05) is 26.2 Å². The van der Waals surface area contributed by atoms with Gasteiger partial charge in [-0.2, -0.15) is 0 Å². The number of hydrogen-bond donors (Lipinski definition) is 0. The molecule has 0 radical (unpaired) electrons. The molecule has 0 aliphatic carbocycles. The zero-order valence-electron chi connectivity index (χ0n) is 13.6. The van der Waals surface area contributed by atoms with E-state index in [1.54, 1.807) is 65.6 Å². The monoisotopic (exact) mass is 422 g/mol. The van der Waals surface area contributed by atoms with Crippen molar-refractivity contribution in [1.82, 2.24) is 8.83 Å². The number of nitrogens with zero attached hydrogens (tertiary/aromatic N) is 2. The Morgan fingerprint density at radius 1 is 0.880 bits per heavy atom. The first-order valence-corrected chi connectivity index (χ1v) is 10.3. The molecule has 132 valence electrons. The number of piperazine rings is 1. The minimum atomic E-state index is -3.82. The lowest BCUT2D eigenvalue weighted by molar-refractivity contribution is 0.0863. The summed E-state index contributed by atoms with van der Waals surface area (Å²) in [7, 11) is -3.82. The molecule has 1 fully saturated rings. The molecule has 2 aromatic carbocycles. The van der Waals surface area contributed by atoms with Gasteiger partial charge in [-0.25, -0.2) is 12.3 Å². The van der Waals surface area contributed by atoms with Crippen LogP contribution in [0.5, 0.6) is 0 Å². The number of ketones is 1. The van der Waals surface area contributed by atoms with Crippen LogP contribution in [0, 0.1) is 0 Å². The van der Waals surface area contributed by atoms with Gasteiger partial charge in [0.1, 0.15) is 0 Å². The maximum atomic E-state index is 13.2. The normalized spacial score (nSPS) is 18.0. The maximum Gasteiger partial charge on any atom is 0.202 e. The van der Waals surface area contributed by atoms with E-state index in [2.05, 4.69) is 16.1 Å². The lowest BCUT2D eigenvalue weighted by Crippen LogP contribution is -2.53. The van der Waals surface area contributed by atoms with E-state index in [1.165, 1.54) is 0 Å². The summed E-state index contributed by atoms with van der Waals surface area (Å²) >= 11 is 3.41. The third-order valence-corrected chi connectivity index (χ3v) is 6.98. The van der Waals surface area contributed by atoms with Gasteiger partial charge in [0, 0.05) is 47.9 Å². The van der Waals surface area contributed by atoms with Crippen molar-refractivity contribution in [1.29, 1.82) is 0 Å². The molecule has 25 heavy (non-hydrogen) atoms. The van der Waals surface area contributed by atoms with Gasteiger partial charge >= 0.3 is 0 Å². The third kappa shape index (κ3) is 4.00. The number of sulfone groups is 1. The van der Waals surface area contributed by atoms with Crippen LogP contribution in [0.2, 0.25) is 0 Å². The molecular weight excluding hydrogens is 404 g/mol. The van der Waals surface area contributed by atoms with E-state index in [0.29, 0.717) is 31.7 Å². The van der Waals surface area contributed by atoms with Gasteiger partial charge in [0.15, 0.2) is 11.2 Å². The second-order valence-electron chi connectivity index (χ2n) is 5.89. The van der Waals surface area contributed by atoms with Crippen LogP contribution in [0.25, 0.3) is 0 Å². The average molecular weight is 423 g/mol. The number of carbonyl (C=O) groups excluding carboxylic acids is 1. The van der Waals surface area contributed by atoms with Gasteiger partial charge in [0.2, 0.25) is 9.84 Å². The molecule has 1 aliphatic heterocycles. The molecule has 0 bridgehead atoms. The molecule has 1 unspecified atom stereocenters. The van der Waals surface area contributed by atoms with Crippen molar-refractivity contribution < 1.29 is 13.2 Å². The zero-order valence-corrected chi connectivity index (χ0v) is 16.0. The standard InChI is InChI=1S/C18H19BrN2O3S/c19-21-13-11-20(12-14-21)18(17(22)15-7-3-1-4-8-15)25(23,24)16-9-5-2-6-10-16/h1-10,18H,11-14H2. The van der Waals surface area contributed by atoms with Crippen molar-refractivity contribution in [3.8, 4) is 0 Å². The number of rotatable bonds is 5. The number of halogens is 1. The SMILES string of the molecule is O=C(c1ccccc1)C(N1CCN(Br)CC1)S(=O)(=O)c1ccccc1. The van der Waals surface area contributed by atoms with Crippen LogP contribution >= 0.6 is 16.1 Å². The van der Waals surface area contributed by atoms with Crippen molar-refractivity contribution >= 4 is 31.8 Å².